The van der Waals surface area contributed by atoms with Gasteiger partial charge >= 0.3 is 0 Å². The minimum atomic E-state index is -3.66. The summed E-state index contributed by atoms with van der Waals surface area (Å²) < 4.78 is 33.9. The highest BCUT2D eigenvalue weighted by molar-refractivity contribution is 7.89. The van der Waals surface area contributed by atoms with E-state index < -0.39 is 10.0 Å². The van der Waals surface area contributed by atoms with Gasteiger partial charge in [-0.05, 0) is 61.1 Å². The molecule has 9 heteroatoms. The third-order valence-corrected chi connectivity index (χ3v) is 8.78. The van der Waals surface area contributed by atoms with Gasteiger partial charge in [0.15, 0.2) is 0 Å². The first kappa shape index (κ1) is 24.0. The number of rotatable bonds is 7. The molecule has 1 aromatic carbocycles. The highest BCUT2D eigenvalue weighted by Crippen LogP contribution is 2.30. The maximum atomic E-state index is 13.2. The number of fused-ring (bicyclic) bond motifs is 1. The van der Waals surface area contributed by atoms with Gasteiger partial charge in [0.25, 0.3) is 0 Å². The highest BCUT2D eigenvalue weighted by Gasteiger charge is 2.29. The Labute approximate surface area is 211 Å². The molecule has 0 bridgehead atoms. The molecule has 0 saturated heterocycles. The Bertz CT molecular complexity index is 1280. The molecule has 1 aliphatic carbocycles. The first-order chi connectivity index (χ1) is 17.0. The van der Waals surface area contributed by atoms with E-state index in [0.29, 0.717) is 42.6 Å². The van der Waals surface area contributed by atoms with Crippen molar-refractivity contribution >= 4 is 27.3 Å². The molecule has 1 saturated carbocycles. The maximum Gasteiger partial charge on any atom is 0.243 e. The Morgan fingerprint density at radius 1 is 1.09 bits per heavy atom. The number of benzene rings is 1. The number of halogens is 1. The minimum absolute atomic E-state index is 0.186. The lowest BCUT2D eigenvalue weighted by atomic mass is 9.98. The summed E-state index contributed by atoms with van der Waals surface area (Å²) in [5, 5.41) is 3.63. The van der Waals surface area contributed by atoms with E-state index in [1.54, 1.807) is 24.5 Å². The second kappa shape index (κ2) is 10.5. The predicted molar refractivity (Wildman–Crippen MR) is 136 cm³/mol. The van der Waals surface area contributed by atoms with Crippen molar-refractivity contribution in [1.29, 1.82) is 0 Å². The summed E-state index contributed by atoms with van der Waals surface area (Å²) in [6, 6.07) is 12.5. The maximum absolute atomic E-state index is 13.2. The average molecular weight is 513 g/mol. The summed E-state index contributed by atoms with van der Waals surface area (Å²) in [7, 11) is -3.66. The van der Waals surface area contributed by atoms with Crippen molar-refractivity contribution in [2.45, 2.75) is 62.6 Å². The summed E-state index contributed by atoms with van der Waals surface area (Å²) in [6.45, 7) is 1.23. The number of pyridine rings is 2. The number of sulfonamides is 1. The van der Waals surface area contributed by atoms with Gasteiger partial charge in [0.2, 0.25) is 15.9 Å². The lowest BCUT2D eigenvalue weighted by Gasteiger charge is -2.27. The van der Waals surface area contributed by atoms with Crippen LogP contribution >= 0.6 is 11.6 Å². The van der Waals surface area contributed by atoms with Crippen LogP contribution in [-0.2, 0) is 29.5 Å². The van der Waals surface area contributed by atoms with Gasteiger partial charge in [0.1, 0.15) is 6.10 Å². The highest BCUT2D eigenvalue weighted by atomic mass is 35.5. The van der Waals surface area contributed by atoms with Crippen LogP contribution in [0.2, 0.25) is 5.02 Å². The molecule has 1 N–H and O–H groups in total. The number of hydrogen-bond donors (Lipinski definition) is 1. The van der Waals surface area contributed by atoms with Gasteiger partial charge in [-0.3, -0.25) is 4.98 Å². The van der Waals surface area contributed by atoms with E-state index >= 15 is 0 Å². The van der Waals surface area contributed by atoms with E-state index in [-0.39, 0.29) is 11.0 Å². The predicted octanol–water partition coefficient (Wildman–Crippen LogP) is 5.20. The zero-order valence-corrected chi connectivity index (χ0v) is 21.1. The van der Waals surface area contributed by atoms with Crippen LogP contribution in [-0.4, -0.2) is 35.3 Å². The standard InChI is InChI=1S/C26H29ClN4O3S/c27-23-15-22(35(32,33)31-14-12-24-20(18-31)5-4-13-28-24)9-10-25(23)29-16-19-8-11-26(30-17-19)34-21-6-2-1-3-7-21/h4-5,8-11,13,15,17,21,29H,1-3,6-7,12,14,16,18H2. The zero-order valence-electron chi connectivity index (χ0n) is 19.5. The molecule has 5 rings (SSSR count). The van der Waals surface area contributed by atoms with E-state index in [2.05, 4.69) is 15.3 Å². The Hall–Kier alpha value is -2.68. The molecule has 3 heterocycles. The average Bonchev–Trinajstić information content (AvgIpc) is 2.89. The molecule has 35 heavy (non-hydrogen) atoms. The van der Waals surface area contributed by atoms with Crippen LogP contribution in [0.4, 0.5) is 5.69 Å². The Balaban J connectivity index is 1.21. The number of aromatic nitrogens is 2. The molecule has 2 aliphatic rings. The van der Waals surface area contributed by atoms with Gasteiger partial charge < -0.3 is 10.1 Å². The van der Waals surface area contributed by atoms with E-state index in [1.165, 1.54) is 29.6 Å². The first-order valence-corrected chi connectivity index (χ1v) is 13.9. The number of nitrogens with one attached hydrogen (secondary N) is 1. The molecule has 1 aliphatic heterocycles. The molecule has 0 radical (unpaired) electrons. The van der Waals surface area contributed by atoms with Crippen molar-refractivity contribution in [2.24, 2.45) is 0 Å². The quantitative estimate of drug-likeness (QED) is 0.468. The van der Waals surface area contributed by atoms with Gasteiger partial charge in [-0.25, -0.2) is 13.4 Å². The molecular formula is C26H29ClN4O3S. The third-order valence-electron chi connectivity index (χ3n) is 6.63. The number of hydrogen-bond acceptors (Lipinski definition) is 6. The topological polar surface area (TPSA) is 84.4 Å². The van der Waals surface area contributed by atoms with Gasteiger partial charge in [-0.15, -0.1) is 0 Å². The Kier molecular flexibility index (Phi) is 7.22. The van der Waals surface area contributed by atoms with Crippen molar-refractivity contribution in [3.05, 3.63) is 76.7 Å². The van der Waals surface area contributed by atoms with Crippen LogP contribution in [0.3, 0.4) is 0 Å². The van der Waals surface area contributed by atoms with Crippen molar-refractivity contribution in [3.8, 4) is 5.88 Å². The van der Waals surface area contributed by atoms with E-state index in [1.807, 2.05) is 24.3 Å². The third kappa shape index (κ3) is 5.60. The first-order valence-electron chi connectivity index (χ1n) is 12.1. The molecule has 0 amide bonds. The number of anilines is 1. The van der Waals surface area contributed by atoms with E-state index in [4.69, 9.17) is 16.3 Å². The van der Waals surface area contributed by atoms with Crippen LogP contribution in [0.25, 0.3) is 0 Å². The molecule has 2 aromatic heterocycles. The van der Waals surface area contributed by atoms with Crippen molar-refractivity contribution in [2.75, 3.05) is 11.9 Å². The molecule has 184 valence electrons. The lowest BCUT2D eigenvalue weighted by molar-refractivity contribution is 0.148. The van der Waals surface area contributed by atoms with E-state index in [9.17, 15) is 8.42 Å². The monoisotopic (exact) mass is 512 g/mol. The fourth-order valence-electron chi connectivity index (χ4n) is 4.63. The molecular weight excluding hydrogens is 484 g/mol. The van der Waals surface area contributed by atoms with Crippen LogP contribution in [0.5, 0.6) is 5.88 Å². The molecule has 0 atom stereocenters. The van der Waals surface area contributed by atoms with E-state index in [0.717, 1.165) is 29.7 Å². The van der Waals surface area contributed by atoms with Crippen molar-refractivity contribution in [1.82, 2.24) is 14.3 Å². The van der Waals surface area contributed by atoms with Crippen LogP contribution in [0.1, 0.15) is 48.9 Å². The normalized spacial score (nSPS) is 17.1. The summed E-state index contributed by atoms with van der Waals surface area (Å²) in [5.41, 5.74) is 3.55. The number of ether oxygens (including phenoxy) is 1. The molecule has 0 unspecified atom stereocenters. The van der Waals surface area contributed by atoms with Crippen molar-refractivity contribution < 1.29 is 13.2 Å². The molecule has 3 aromatic rings. The summed E-state index contributed by atoms with van der Waals surface area (Å²) >= 11 is 6.46. The minimum Gasteiger partial charge on any atom is -0.474 e. The molecule has 0 spiro atoms. The second-order valence-electron chi connectivity index (χ2n) is 9.08. The SMILES string of the molecule is O=S(=O)(c1ccc(NCc2ccc(OC3CCCCC3)nc2)c(Cl)c1)N1CCc2ncccc2C1. The smallest absolute Gasteiger partial charge is 0.243 e. The summed E-state index contributed by atoms with van der Waals surface area (Å²) in [6.07, 6.45) is 10.3. The lowest BCUT2D eigenvalue weighted by Crippen LogP contribution is -2.36. The fourth-order valence-corrected chi connectivity index (χ4v) is 6.39. The largest absolute Gasteiger partial charge is 0.474 e. The van der Waals surface area contributed by atoms with Crippen LogP contribution in [0, 0.1) is 0 Å². The van der Waals surface area contributed by atoms with Gasteiger partial charge in [-0.1, -0.05) is 30.2 Å². The summed E-state index contributed by atoms with van der Waals surface area (Å²) in [5.74, 6) is 0.657. The fraction of sp³-hybridized carbons (Fsp3) is 0.385. The van der Waals surface area contributed by atoms with Crippen LogP contribution < -0.4 is 10.1 Å². The van der Waals surface area contributed by atoms with Crippen molar-refractivity contribution in [3.63, 3.8) is 0 Å². The zero-order chi connectivity index (χ0) is 24.3. The number of nitrogens with zero attached hydrogens (tertiary/aromatic N) is 3. The second-order valence-corrected chi connectivity index (χ2v) is 11.4. The summed E-state index contributed by atoms with van der Waals surface area (Å²) in [4.78, 5) is 8.97. The van der Waals surface area contributed by atoms with Gasteiger partial charge in [-0.2, -0.15) is 4.31 Å². The Morgan fingerprint density at radius 2 is 1.94 bits per heavy atom. The van der Waals surface area contributed by atoms with Gasteiger partial charge in [0, 0.05) is 50.2 Å². The molecule has 7 nitrogen and oxygen atoms in total. The Morgan fingerprint density at radius 3 is 2.71 bits per heavy atom. The van der Waals surface area contributed by atoms with Gasteiger partial charge in [0.05, 0.1) is 15.6 Å². The van der Waals surface area contributed by atoms with Crippen LogP contribution in [0.15, 0.2) is 59.8 Å². The molecule has 1 fully saturated rings.